The van der Waals surface area contributed by atoms with Crippen LogP contribution < -0.4 is 10.6 Å². The number of ether oxygens (including phenoxy) is 1. The van der Waals surface area contributed by atoms with Crippen molar-refractivity contribution in [2.75, 3.05) is 23.8 Å². The number of urea groups is 1. The normalized spacial score (nSPS) is 15.7. The number of amides is 3. The monoisotopic (exact) mass is 415 g/mol. The molecule has 29 heavy (non-hydrogen) atoms. The predicted octanol–water partition coefficient (Wildman–Crippen LogP) is 4.15. The summed E-state index contributed by atoms with van der Waals surface area (Å²) in [5.74, 6) is -0.683. The van der Waals surface area contributed by atoms with Crippen LogP contribution in [0, 0.1) is 0 Å². The molecule has 3 rings (SSSR count). The van der Waals surface area contributed by atoms with Crippen LogP contribution in [-0.2, 0) is 9.53 Å². The molecule has 0 aromatic heterocycles. The number of esters is 1. The first kappa shape index (κ1) is 20.7. The van der Waals surface area contributed by atoms with E-state index >= 15 is 0 Å². The molecule has 1 aliphatic heterocycles. The van der Waals surface area contributed by atoms with Gasteiger partial charge in [-0.3, -0.25) is 4.79 Å². The van der Waals surface area contributed by atoms with Crippen LogP contribution in [0.2, 0.25) is 5.02 Å². The van der Waals surface area contributed by atoms with E-state index in [1.807, 2.05) is 0 Å². The fourth-order valence-corrected chi connectivity index (χ4v) is 3.36. The maximum absolute atomic E-state index is 12.7. The average Bonchev–Trinajstić information content (AvgIpc) is 3.19. The van der Waals surface area contributed by atoms with E-state index in [0.717, 1.165) is 6.42 Å². The highest BCUT2D eigenvalue weighted by atomic mass is 35.5. The molecule has 1 heterocycles. The summed E-state index contributed by atoms with van der Waals surface area (Å²) in [5, 5.41) is 6.10. The van der Waals surface area contributed by atoms with E-state index in [2.05, 4.69) is 10.6 Å². The van der Waals surface area contributed by atoms with E-state index in [1.165, 1.54) is 4.90 Å². The number of nitrogens with one attached hydrogen (secondary N) is 2. The average molecular weight is 416 g/mol. The van der Waals surface area contributed by atoms with E-state index in [9.17, 15) is 14.4 Å². The van der Waals surface area contributed by atoms with Crippen LogP contribution >= 0.6 is 11.6 Å². The lowest BCUT2D eigenvalue weighted by Gasteiger charge is -2.24. The minimum absolute atomic E-state index is 0.271. The Morgan fingerprint density at radius 1 is 1.10 bits per heavy atom. The number of benzene rings is 2. The van der Waals surface area contributed by atoms with E-state index in [1.54, 1.807) is 55.5 Å². The van der Waals surface area contributed by atoms with Crippen LogP contribution in [-0.4, -0.2) is 42.0 Å². The van der Waals surface area contributed by atoms with Crippen LogP contribution in [0.15, 0.2) is 48.5 Å². The van der Waals surface area contributed by atoms with Crippen molar-refractivity contribution in [2.45, 2.75) is 25.8 Å². The molecular formula is C21H22ClN3O4. The smallest absolute Gasteiger partial charge is 0.338 e. The van der Waals surface area contributed by atoms with Crippen molar-refractivity contribution in [2.24, 2.45) is 0 Å². The molecule has 3 amide bonds. The van der Waals surface area contributed by atoms with Gasteiger partial charge in [-0.2, -0.15) is 0 Å². The summed E-state index contributed by atoms with van der Waals surface area (Å²) in [5.41, 5.74) is 1.53. The molecule has 7 nitrogen and oxygen atoms in total. The predicted molar refractivity (Wildman–Crippen MR) is 111 cm³/mol. The van der Waals surface area contributed by atoms with Crippen LogP contribution in [0.4, 0.5) is 16.2 Å². The Labute approximate surface area is 174 Å². The molecule has 1 unspecified atom stereocenters. The fraction of sp³-hybridized carbons (Fsp3) is 0.286. The molecule has 2 aromatic carbocycles. The zero-order valence-corrected chi connectivity index (χ0v) is 16.7. The second-order valence-corrected chi connectivity index (χ2v) is 7.02. The summed E-state index contributed by atoms with van der Waals surface area (Å²) >= 11 is 5.95. The van der Waals surface area contributed by atoms with Crippen molar-refractivity contribution >= 4 is 40.9 Å². The molecule has 0 bridgehead atoms. The van der Waals surface area contributed by atoms with E-state index in [-0.39, 0.29) is 11.9 Å². The van der Waals surface area contributed by atoms with Gasteiger partial charge in [0.1, 0.15) is 6.04 Å². The Morgan fingerprint density at radius 3 is 2.55 bits per heavy atom. The number of likely N-dealkylation sites (tertiary alicyclic amines) is 1. The topological polar surface area (TPSA) is 87.7 Å². The molecular weight excluding hydrogens is 394 g/mol. The third-order valence-electron chi connectivity index (χ3n) is 4.56. The quantitative estimate of drug-likeness (QED) is 0.718. The maximum atomic E-state index is 12.7. The molecule has 0 spiro atoms. The van der Waals surface area contributed by atoms with Crippen molar-refractivity contribution in [1.29, 1.82) is 0 Å². The Balaban J connectivity index is 1.62. The summed E-state index contributed by atoms with van der Waals surface area (Å²) in [6.45, 7) is 2.53. The summed E-state index contributed by atoms with van der Waals surface area (Å²) in [7, 11) is 0. The first-order valence-corrected chi connectivity index (χ1v) is 9.77. The van der Waals surface area contributed by atoms with E-state index in [4.69, 9.17) is 16.3 Å². The molecule has 1 aliphatic rings. The molecule has 0 radical (unpaired) electrons. The minimum atomic E-state index is -0.570. The molecule has 1 saturated heterocycles. The number of carbonyl (C=O) groups is 3. The summed E-state index contributed by atoms with van der Waals surface area (Å²) in [6, 6.07) is 12.4. The first-order chi connectivity index (χ1) is 14.0. The lowest BCUT2D eigenvalue weighted by atomic mass is 10.1. The van der Waals surface area contributed by atoms with Gasteiger partial charge in [-0.05, 0) is 62.2 Å². The second kappa shape index (κ2) is 9.43. The third kappa shape index (κ3) is 5.26. The molecule has 8 heteroatoms. The lowest BCUT2D eigenvalue weighted by Crippen LogP contribution is -2.45. The van der Waals surface area contributed by atoms with Gasteiger partial charge in [-0.25, -0.2) is 9.59 Å². The van der Waals surface area contributed by atoms with Gasteiger partial charge in [-0.15, -0.1) is 0 Å². The third-order valence-corrected chi connectivity index (χ3v) is 4.79. The van der Waals surface area contributed by atoms with Crippen LogP contribution in [0.25, 0.3) is 0 Å². The largest absolute Gasteiger partial charge is 0.462 e. The number of hydrogen-bond acceptors (Lipinski definition) is 4. The van der Waals surface area contributed by atoms with Crippen LogP contribution in [0.3, 0.4) is 0 Å². The first-order valence-electron chi connectivity index (χ1n) is 9.39. The van der Waals surface area contributed by atoms with Gasteiger partial charge in [0.25, 0.3) is 0 Å². The van der Waals surface area contributed by atoms with Gasteiger partial charge in [0.15, 0.2) is 0 Å². The number of hydrogen-bond donors (Lipinski definition) is 2. The zero-order valence-electron chi connectivity index (χ0n) is 16.0. The van der Waals surface area contributed by atoms with Crippen molar-refractivity contribution in [3.63, 3.8) is 0 Å². The van der Waals surface area contributed by atoms with Gasteiger partial charge in [0, 0.05) is 22.9 Å². The van der Waals surface area contributed by atoms with Crippen molar-refractivity contribution in [3.8, 4) is 0 Å². The maximum Gasteiger partial charge on any atom is 0.338 e. The van der Waals surface area contributed by atoms with Gasteiger partial charge in [-0.1, -0.05) is 17.7 Å². The highest BCUT2D eigenvalue weighted by Crippen LogP contribution is 2.22. The lowest BCUT2D eigenvalue weighted by molar-refractivity contribution is -0.119. The van der Waals surface area contributed by atoms with Crippen molar-refractivity contribution in [1.82, 2.24) is 4.90 Å². The Hall–Kier alpha value is -3.06. The Kier molecular flexibility index (Phi) is 6.72. The van der Waals surface area contributed by atoms with Gasteiger partial charge >= 0.3 is 12.0 Å². The Bertz CT molecular complexity index is 901. The zero-order chi connectivity index (χ0) is 20.8. The number of anilines is 2. The SMILES string of the molecule is CCOC(=O)c1ccc(NC(=O)C2CCCN2C(=O)Nc2cccc(Cl)c2)cc1. The van der Waals surface area contributed by atoms with Crippen molar-refractivity contribution in [3.05, 3.63) is 59.1 Å². The van der Waals surface area contributed by atoms with Crippen LogP contribution in [0.1, 0.15) is 30.1 Å². The molecule has 1 atom stereocenters. The van der Waals surface area contributed by atoms with E-state index in [0.29, 0.717) is 41.5 Å². The second-order valence-electron chi connectivity index (χ2n) is 6.58. The fourth-order valence-electron chi connectivity index (χ4n) is 3.17. The molecule has 1 fully saturated rings. The minimum Gasteiger partial charge on any atom is -0.462 e. The number of rotatable bonds is 5. The van der Waals surface area contributed by atoms with Gasteiger partial charge in [0.05, 0.1) is 12.2 Å². The highest BCUT2D eigenvalue weighted by Gasteiger charge is 2.34. The molecule has 0 aliphatic carbocycles. The van der Waals surface area contributed by atoms with Crippen LogP contribution in [0.5, 0.6) is 0 Å². The number of nitrogens with zero attached hydrogens (tertiary/aromatic N) is 1. The molecule has 0 saturated carbocycles. The summed E-state index contributed by atoms with van der Waals surface area (Å²) in [6.07, 6.45) is 1.32. The molecule has 2 N–H and O–H groups in total. The molecule has 2 aromatic rings. The van der Waals surface area contributed by atoms with Crippen molar-refractivity contribution < 1.29 is 19.1 Å². The highest BCUT2D eigenvalue weighted by molar-refractivity contribution is 6.30. The standard InChI is InChI=1S/C21H22ClN3O4/c1-2-29-20(27)14-8-10-16(11-9-14)23-19(26)18-7-4-12-25(18)21(28)24-17-6-3-5-15(22)13-17/h3,5-6,8-11,13,18H,2,4,7,12H2,1H3,(H,23,26)(H,24,28). The summed E-state index contributed by atoms with van der Waals surface area (Å²) in [4.78, 5) is 38.6. The number of carbonyl (C=O) groups excluding carboxylic acids is 3. The van der Waals surface area contributed by atoms with Gasteiger partial charge in [0.2, 0.25) is 5.91 Å². The van der Waals surface area contributed by atoms with Gasteiger partial charge < -0.3 is 20.3 Å². The summed E-state index contributed by atoms with van der Waals surface area (Å²) < 4.78 is 4.94. The van der Waals surface area contributed by atoms with E-state index < -0.39 is 12.0 Å². The number of halogens is 1. The Morgan fingerprint density at radius 2 is 1.86 bits per heavy atom. The molecule has 152 valence electrons.